The van der Waals surface area contributed by atoms with Crippen LogP contribution in [0.5, 0.6) is 0 Å². The van der Waals surface area contributed by atoms with Gasteiger partial charge >= 0.3 is 12.0 Å². The van der Waals surface area contributed by atoms with Gasteiger partial charge in [-0.05, 0) is 25.8 Å². The van der Waals surface area contributed by atoms with E-state index in [1.807, 2.05) is 36.0 Å². The van der Waals surface area contributed by atoms with Crippen LogP contribution in [0, 0.1) is 0 Å². The first kappa shape index (κ1) is 21.2. The first-order valence-corrected chi connectivity index (χ1v) is 10.9. The Morgan fingerprint density at radius 1 is 1.21 bits per heavy atom. The number of carbonyl (C=O) groups is 3. The Labute approximate surface area is 173 Å². The first-order chi connectivity index (χ1) is 14.0. The SMILES string of the molecule is CNC(=O)NC(=O)C(C)OC(=O)c1oc2ccccc2c1CSC1CCCCC1. The second kappa shape index (κ2) is 9.82. The van der Waals surface area contributed by atoms with Crippen LogP contribution in [0.4, 0.5) is 4.79 Å². The average molecular weight is 419 g/mol. The zero-order chi connectivity index (χ0) is 20.8. The first-order valence-electron chi connectivity index (χ1n) is 9.85. The lowest BCUT2D eigenvalue weighted by atomic mass is 10.0. The number of nitrogens with one attached hydrogen (secondary N) is 2. The van der Waals surface area contributed by atoms with E-state index in [0.29, 0.717) is 16.6 Å². The molecule has 1 fully saturated rings. The topological polar surface area (TPSA) is 97.6 Å². The third-order valence-corrected chi connectivity index (χ3v) is 6.41. The maximum absolute atomic E-state index is 12.8. The zero-order valence-electron chi connectivity index (χ0n) is 16.7. The van der Waals surface area contributed by atoms with Gasteiger partial charge in [-0.25, -0.2) is 9.59 Å². The van der Waals surface area contributed by atoms with Crippen molar-refractivity contribution in [2.75, 3.05) is 7.05 Å². The molecule has 3 amide bonds. The van der Waals surface area contributed by atoms with Gasteiger partial charge in [-0.1, -0.05) is 37.5 Å². The number of amides is 3. The van der Waals surface area contributed by atoms with Crippen molar-refractivity contribution in [3.8, 4) is 0 Å². The molecule has 2 aromatic rings. The van der Waals surface area contributed by atoms with Gasteiger partial charge in [0.05, 0.1) is 0 Å². The lowest BCUT2D eigenvalue weighted by Gasteiger charge is -2.20. The highest BCUT2D eigenvalue weighted by atomic mass is 32.2. The van der Waals surface area contributed by atoms with E-state index in [4.69, 9.17) is 9.15 Å². The normalized spacial score (nSPS) is 15.7. The van der Waals surface area contributed by atoms with Gasteiger partial charge in [0.25, 0.3) is 5.91 Å². The summed E-state index contributed by atoms with van der Waals surface area (Å²) in [4.78, 5) is 36.0. The number of para-hydroxylation sites is 1. The van der Waals surface area contributed by atoms with Crippen LogP contribution in [0.3, 0.4) is 0 Å². The van der Waals surface area contributed by atoms with Crippen molar-refractivity contribution in [3.63, 3.8) is 0 Å². The van der Waals surface area contributed by atoms with Crippen molar-refractivity contribution in [1.82, 2.24) is 10.6 Å². The predicted octanol–water partition coefficient (Wildman–Crippen LogP) is 4.00. The molecule has 7 nitrogen and oxygen atoms in total. The van der Waals surface area contributed by atoms with Crippen LogP contribution in [0.2, 0.25) is 0 Å². The Bertz CT molecular complexity index is 888. The maximum Gasteiger partial charge on any atom is 0.375 e. The molecule has 0 aliphatic heterocycles. The van der Waals surface area contributed by atoms with Crippen LogP contribution in [-0.4, -0.2) is 36.3 Å². The van der Waals surface area contributed by atoms with Gasteiger partial charge in [0.15, 0.2) is 6.10 Å². The number of urea groups is 1. The van der Waals surface area contributed by atoms with Gasteiger partial charge in [-0.15, -0.1) is 0 Å². The van der Waals surface area contributed by atoms with E-state index in [0.717, 1.165) is 10.9 Å². The molecule has 1 aliphatic rings. The Hall–Kier alpha value is -2.48. The third kappa shape index (κ3) is 5.32. The summed E-state index contributed by atoms with van der Waals surface area (Å²) in [7, 11) is 1.39. The largest absolute Gasteiger partial charge is 0.449 e. The number of ether oxygens (including phenoxy) is 1. The monoisotopic (exact) mass is 418 g/mol. The number of carbonyl (C=O) groups excluding carboxylic acids is 3. The summed E-state index contributed by atoms with van der Waals surface area (Å²) in [6.07, 6.45) is 5.03. The molecule has 8 heteroatoms. The van der Waals surface area contributed by atoms with Gasteiger partial charge < -0.3 is 14.5 Å². The molecule has 1 aromatic carbocycles. The van der Waals surface area contributed by atoms with Crippen molar-refractivity contribution >= 4 is 40.6 Å². The fraction of sp³-hybridized carbons (Fsp3) is 0.476. The molecule has 1 unspecified atom stereocenters. The Morgan fingerprint density at radius 2 is 1.93 bits per heavy atom. The lowest BCUT2D eigenvalue weighted by Crippen LogP contribution is -2.43. The lowest BCUT2D eigenvalue weighted by molar-refractivity contribution is -0.128. The molecule has 1 saturated carbocycles. The van der Waals surface area contributed by atoms with Crippen molar-refractivity contribution in [1.29, 1.82) is 0 Å². The number of benzene rings is 1. The Kier molecular flexibility index (Phi) is 7.19. The van der Waals surface area contributed by atoms with E-state index in [2.05, 4.69) is 10.6 Å². The number of furan rings is 1. The van der Waals surface area contributed by atoms with Gasteiger partial charge in [0.2, 0.25) is 5.76 Å². The molecule has 3 rings (SSSR count). The molecule has 29 heavy (non-hydrogen) atoms. The number of imide groups is 1. The van der Waals surface area contributed by atoms with Crippen LogP contribution in [0.1, 0.15) is 55.1 Å². The summed E-state index contributed by atoms with van der Waals surface area (Å²) in [6, 6.07) is 6.82. The highest BCUT2D eigenvalue weighted by Gasteiger charge is 2.27. The molecule has 0 radical (unpaired) electrons. The molecule has 1 aliphatic carbocycles. The minimum absolute atomic E-state index is 0.120. The van der Waals surface area contributed by atoms with Gasteiger partial charge in [0.1, 0.15) is 5.58 Å². The van der Waals surface area contributed by atoms with E-state index >= 15 is 0 Å². The zero-order valence-corrected chi connectivity index (χ0v) is 17.5. The summed E-state index contributed by atoms with van der Waals surface area (Å²) in [5, 5.41) is 5.83. The second-order valence-electron chi connectivity index (χ2n) is 7.09. The van der Waals surface area contributed by atoms with Gasteiger partial charge in [-0.2, -0.15) is 11.8 Å². The van der Waals surface area contributed by atoms with Crippen LogP contribution in [-0.2, 0) is 15.3 Å². The molecule has 0 spiro atoms. The van der Waals surface area contributed by atoms with E-state index in [1.54, 1.807) is 0 Å². The summed E-state index contributed by atoms with van der Waals surface area (Å²) < 4.78 is 11.1. The van der Waals surface area contributed by atoms with Gasteiger partial charge in [0, 0.05) is 29.0 Å². The van der Waals surface area contributed by atoms with Crippen LogP contribution in [0.15, 0.2) is 28.7 Å². The second-order valence-corrected chi connectivity index (χ2v) is 8.38. The van der Waals surface area contributed by atoms with Crippen molar-refractivity contribution in [3.05, 3.63) is 35.6 Å². The molecule has 0 bridgehead atoms. The number of fused-ring (bicyclic) bond motifs is 1. The van der Waals surface area contributed by atoms with Crippen molar-refractivity contribution < 1.29 is 23.5 Å². The molecule has 0 saturated heterocycles. The smallest absolute Gasteiger partial charge is 0.375 e. The molecule has 156 valence electrons. The number of rotatable bonds is 6. The fourth-order valence-corrected chi connectivity index (χ4v) is 4.74. The average Bonchev–Trinajstić information content (AvgIpc) is 3.11. The summed E-state index contributed by atoms with van der Waals surface area (Å²) >= 11 is 1.84. The quantitative estimate of drug-likeness (QED) is 0.688. The highest BCUT2D eigenvalue weighted by Crippen LogP contribution is 2.35. The fourth-order valence-electron chi connectivity index (χ4n) is 3.38. The number of hydrogen-bond acceptors (Lipinski definition) is 6. The Balaban J connectivity index is 1.75. The predicted molar refractivity (Wildman–Crippen MR) is 112 cm³/mol. The highest BCUT2D eigenvalue weighted by molar-refractivity contribution is 7.99. The van der Waals surface area contributed by atoms with Gasteiger partial charge in [-0.3, -0.25) is 10.1 Å². The molecule has 1 atom stereocenters. The minimum atomic E-state index is -1.13. The van der Waals surface area contributed by atoms with Crippen LogP contribution >= 0.6 is 11.8 Å². The number of hydrogen-bond donors (Lipinski definition) is 2. The minimum Gasteiger partial charge on any atom is -0.449 e. The van der Waals surface area contributed by atoms with Crippen molar-refractivity contribution in [2.24, 2.45) is 0 Å². The van der Waals surface area contributed by atoms with Crippen LogP contribution in [0.25, 0.3) is 11.0 Å². The van der Waals surface area contributed by atoms with Crippen molar-refractivity contribution in [2.45, 2.75) is 56.1 Å². The number of esters is 1. The maximum atomic E-state index is 12.8. The van der Waals surface area contributed by atoms with E-state index in [-0.39, 0.29) is 5.76 Å². The third-order valence-electron chi connectivity index (χ3n) is 5.02. The standard InChI is InChI=1S/C21H26N2O5S/c1-13(19(24)23-21(26)22-2)27-20(25)18-16(12-29-14-8-4-3-5-9-14)15-10-6-7-11-17(15)28-18/h6-7,10-11,13-14H,3-5,8-9,12H2,1-2H3,(H2,22,23,24,26). The number of thioether (sulfide) groups is 1. The Morgan fingerprint density at radius 3 is 2.66 bits per heavy atom. The summed E-state index contributed by atoms with van der Waals surface area (Å²) in [5.74, 6) is -0.647. The van der Waals surface area contributed by atoms with E-state index in [9.17, 15) is 14.4 Å². The van der Waals surface area contributed by atoms with E-state index in [1.165, 1.54) is 46.1 Å². The molecule has 1 heterocycles. The summed E-state index contributed by atoms with van der Waals surface area (Å²) in [5.41, 5.74) is 1.40. The van der Waals surface area contributed by atoms with E-state index < -0.39 is 24.0 Å². The molecular formula is C21H26N2O5S. The molecule has 1 aromatic heterocycles. The van der Waals surface area contributed by atoms with Crippen LogP contribution < -0.4 is 10.6 Å². The summed E-state index contributed by atoms with van der Waals surface area (Å²) in [6.45, 7) is 1.41. The molecule has 2 N–H and O–H groups in total. The molecular weight excluding hydrogens is 392 g/mol.